The minimum Gasteiger partial charge on any atom is -0.423 e. The van der Waals surface area contributed by atoms with Crippen LogP contribution in [0, 0.1) is 0 Å². The van der Waals surface area contributed by atoms with Gasteiger partial charge in [0, 0.05) is 49.6 Å². The number of rotatable bonds is 2. The Morgan fingerprint density at radius 1 is 0.929 bits per heavy atom. The molecule has 0 unspecified atom stereocenters. The van der Waals surface area contributed by atoms with Crippen LogP contribution in [0.1, 0.15) is 11.1 Å². The molecule has 3 aromatic heterocycles. The predicted octanol–water partition coefficient (Wildman–Crippen LogP) is 4.90. The molecule has 4 heterocycles. The van der Waals surface area contributed by atoms with E-state index in [2.05, 4.69) is 70.2 Å². The summed E-state index contributed by atoms with van der Waals surface area (Å²) >= 11 is 0. The van der Waals surface area contributed by atoms with Gasteiger partial charge in [-0.2, -0.15) is 4.98 Å². The van der Waals surface area contributed by atoms with Gasteiger partial charge in [0.15, 0.2) is 5.58 Å². The van der Waals surface area contributed by atoms with Crippen molar-refractivity contribution in [1.82, 2.24) is 14.5 Å². The van der Waals surface area contributed by atoms with E-state index in [1.54, 1.807) is 0 Å². The number of hydrogen-bond donors (Lipinski definition) is 0. The Bertz CT molecular complexity index is 1320. The number of aromatic nitrogens is 3. The molecule has 0 amide bonds. The molecule has 0 saturated heterocycles. The molecule has 28 heavy (non-hydrogen) atoms. The number of nitrogens with zero attached hydrogens (tertiary/aromatic N) is 4. The van der Waals surface area contributed by atoms with Gasteiger partial charge < -0.3 is 13.9 Å². The highest BCUT2D eigenvalue weighted by atomic mass is 16.4. The van der Waals surface area contributed by atoms with Gasteiger partial charge in [0.2, 0.25) is 0 Å². The predicted molar refractivity (Wildman–Crippen MR) is 110 cm³/mol. The standard InChI is InChI=1S/C23H18N4O/c1-26-9-7-17-10-15(2-4-21(17)26)16-3-5-22-20(11-16)25-23(28-22)27-13-18-6-8-24-12-19(18)14-27/h2-12H,13-14H2,1H3. The van der Waals surface area contributed by atoms with Gasteiger partial charge in [-0.15, -0.1) is 0 Å². The molecule has 1 aliphatic heterocycles. The molecular formula is C23H18N4O. The van der Waals surface area contributed by atoms with Crippen molar-refractivity contribution in [2.24, 2.45) is 7.05 Å². The van der Waals surface area contributed by atoms with E-state index in [0.717, 1.165) is 29.8 Å². The van der Waals surface area contributed by atoms with Gasteiger partial charge in [0.05, 0.1) is 0 Å². The summed E-state index contributed by atoms with van der Waals surface area (Å²) in [5.41, 5.74) is 7.78. The summed E-state index contributed by atoms with van der Waals surface area (Å²) in [6.45, 7) is 1.59. The number of fused-ring (bicyclic) bond motifs is 3. The summed E-state index contributed by atoms with van der Waals surface area (Å²) in [5.74, 6) is 0. The number of oxazole rings is 1. The Morgan fingerprint density at radius 2 is 1.79 bits per heavy atom. The average Bonchev–Trinajstić information content (AvgIpc) is 3.43. The van der Waals surface area contributed by atoms with Crippen molar-refractivity contribution in [3.63, 3.8) is 0 Å². The smallest absolute Gasteiger partial charge is 0.298 e. The molecule has 0 spiro atoms. The lowest BCUT2D eigenvalue weighted by atomic mass is 10.0. The first kappa shape index (κ1) is 15.5. The Hall–Kier alpha value is -3.60. The third kappa shape index (κ3) is 2.33. The van der Waals surface area contributed by atoms with Gasteiger partial charge in [-0.1, -0.05) is 12.1 Å². The van der Waals surface area contributed by atoms with Crippen LogP contribution >= 0.6 is 0 Å². The van der Waals surface area contributed by atoms with Crippen molar-refractivity contribution in [1.29, 1.82) is 0 Å². The van der Waals surface area contributed by atoms with Crippen LogP contribution in [-0.4, -0.2) is 14.5 Å². The second-order valence-corrected chi connectivity index (χ2v) is 7.38. The van der Waals surface area contributed by atoms with E-state index in [0.29, 0.717) is 6.01 Å². The summed E-state index contributed by atoms with van der Waals surface area (Å²) in [6.07, 6.45) is 5.85. The van der Waals surface area contributed by atoms with Crippen LogP contribution in [0.3, 0.4) is 0 Å². The van der Waals surface area contributed by atoms with E-state index in [1.807, 2.05) is 18.5 Å². The topological polar surface area (TPSA) is 47.1 Å². The molecule has 5 nitrogen and oxygen atoms in total. The van der Waals surface area contributed by atoms with Crippen LogP contribution in [0.25, 0.3) is 33.1 Å². The highest BCUT2D eigenvalue weighted by molar-refractivity contribution is 5.88. The van der Waals surface area contributed by atoms with Crippen LogP contribution in [0.4, 0.5) is 6.01 Å². The highest BCUT2D eigenvalue weighted by Gasteiger charge is 2.23. The van der Waals surface area contributed by atoms with Crippen molar-refractivity contribution in [2.75, 3.05) is 4.90 Å². The summed E-state index contributed by atoms with van der Waals surface area (Å²) in [4.78, 5) is 11.1. The maximum Gasteiger partial charge on any atom is 0.298 e. The van der Waals surface area contributed by atoms with Crippen molar-refractivity contribution in [3.8, 4) is 11.1 Å². The molecule has 0 bridgehead atoms. The van der Waals surface area contributed by atoms with Gasteiger partial charge in [-0.3, -0.25) is 4.98 Å². The largest absolute Gasteiger partial charge is 0.423 e. The number of aryl methyl sites for hydroxylation is 1. The van der Waals surface area contributed by atoms with Crippen molar-refractivity contribution < 1.29 is 4.42 Å². The van der Waals surface area contributed by atoms with Crippen LogP contribution in [0.2, 0.25) is 0 Å². The lowest BCUT2D eigenvalue weighted by Crippen LogP contribution is -2.14. The lowest BCUT2D eigenvalue weighted by molar-refractivity contribution is 0.573. The second-order valence-electron chi connectivity index (χ2n) is 7.38. The fourth-order valence-corrected chi connectivity index (χ4v) is 4.05. The zero-order valence-electron chi connectivity index (χ0n) is 15.5. The van der Waals surface area contributed by atoms with E-state index >= 15 is 0 Å². The normalized spacial score (nSPS) is 13.5. The fraction of sp³-hybridized carbons (Fsp3) is 0.130. The van der Waals surface area contributed by atoms with E-state index in [-0.39, 0.29) is 0 Å². The fourth-order valence-electron chi connectivity index (χ4n) is 4.05. The van der Waals surface area contributed by atoms with Crippen LogP contribution < -0.4 is 4.90 Å². The molecule has 0 saturated carbocycles. The van der Waals surface area contributed by atoms with E-state index in [9.17, 15) is 0 Å². The van der Waals surface area contributed by atoms with Crippen molar-refractivity contribution >= 4 is 28.0 Å². The Kier molecular flexibility index (Phi) is 3.14. The molecule has 0 aliphatic carbocycles. The highest BCUT2D eigenvalue weighted by Crippen LogP contribution is 2.32. The third-order valence-electron chi connectivity index (χ3n) is 5.59. The van der Waals surface area contributed by atoms with Crippen LogP contribution in [0.15, 0.2) is 71.5 Å². The maximum atomic E-state index is 6.04. The number of anilines is 1. The maximum absolute atomic E-state index is 6.04. The number of benzene rings is 2. The van der Waals surface area contributed by atoms with Crippen LogP contribution in [0.5, 0.6) is 0 Å². The van der Waals surface area contributed by atoms with E-state index in [1.165, 1.54) is 27.6 Å². The quantitative estimate of drug-likeness (QED) is 0.446. The molecule has 0 fully saturated rings. The van der Waals surface area contributed by atoms with Crippen molar-refractivity contribution in [3.05, 3.63) is 78.2 Å². The first-order chi connectivity index (χ1) is 13.7. The Balaban J connectivity index is 1.37. The monoisotopic (exact) mass is 366 g/mol. The van der Waals surface area contributed by atoms with Gasteiger partial charge in [-0.05, 0) is 58.7 Å². The zero-order chi connectivity index (χ0) is 18.7. The van der Waals surface area contributed by atoms with E-state index < -0.39 is 0 Å². The summed E-state index contributed by atoms with van der Waals surface area (Å²) in [6, 6.07) is 17.7. The third-order valence-corrected chi connectivity index (χ3v) is 5.59. The molecule has 6 rings (SSSR count). The van der Waals surface area contributed by atoms with Gasteiger partial charge in [-0.25, -0.2) is 0 Å². The lowest BCUT2D eigenvalue weighted by Gasteiger charge is -2.10. The summed E-state index contributed by atoms with van der Waals surface area (Å²) < 4.78 is 8.17. The molecule has 5 heteroatoms. The molecular weight excluding hydrogens is 348 g/mol. The molecule has 1 aliphatic rings. The second kappa shape index (κ2) is 5.70. The first-order valence-electron chi connectivity index (χ1n) is 9.37. The molecule has 0 atom stereocenters. The van der Waals surface area contributed by atoms with Gasteiger partial charge in [0.25, 0.3) is 6.01 Å². The molecule has 0 radical (unpaired) electrons. The Morgan fingerprint density at radius 3 is 2.71 bits per heavy atom. The SMILES string of the molecule is Cn1ccc2cc(-c3ccc4oc(N5Cc6ccncc6C5)nc4c3)ccc21. The number of pyridine rings is 1. The minimum absolute atomic E-state index is 0.668. The average molecular weight is 366 g/mol. The number of hydrogen-bond acceptors (Lipinski definition) is 4. The van der Waals surface area contributed by atoms with Gasteiger partial charge in [0.1, 0.15) is 5.52 Å². The van der Waals surface area contributed by atoms with Crippen molar-refractivity contribution in [2.45, 2.75) is 13.1 Å². The zero-order valence-corrected chi connectivity index (χ0v) is 15.5. The molecule has 136 valence electrons. The molecule has 5 aromatic rings. The first-order valence-corrected chi connectivity index (χ1v) is 9.37. The molecule has 0 N–H and O–H groups in total. The van der Waals surface area contributed by atoms with Gasteiger partial charge >= 0.3 is 0 Å². The van der Waals surface area contributed by atoms with E-state index in [4.69, 9.17) is 9.40 Å². The minimum atomic E-state index is 0.668. The molecule has 2 aromatic carbocycles. The summed E-state index contributed by atoms with van der Waals surface area (Å²) in [5, 5.41) is 1.24. The van der Waals surface area contributed by atoms with Crippen LogP contribution in [-0.2, 0) is 20.1 Å². The Labute approximate surface area is 161 Å². The summed E-state index contributed by atoms with van der Waals surface area (Å²) in [7, 11) is 2.07.